The average Bonchev–Trinajstić information content (AvgIpc) is 3.05. The van der Waals surface area contributed by atoms with Crippen molar-refractivity contribution in [3.63, 3.8) is 0 Å². The second kappa shape index (κ2) is 12.4. The van der Waals surface area contributed by atoms with E-state index in [1.807, 2.05) is 6.07 Å². The molecule has 5 aromatic rings. The lowest BCUT2D eigenvalue weighted by atomic mass is 10.00. The highest BCUT2D eigenvalue weighted by Gasteiger charge is 2.19. The lowest BCUT2D eigenvalue weighted by Gasteiger charge is -2.29. The fourth-order valence-electron chi connectivity index (χ4n) is 5.35. The summed E-state index contributed by atoms with van der Waals surface area (Å²) in [5.74, 6) is 2.26. The van der Waals surface area contributed by atoms with Crippen LogP contribution in [0.5, 0.6) is 11.5 Å². The molecule has 0 unspecified atom stereocenters. The molecule has 0 amide bonds. The molecule has 0 aliphatic carbocycles. The van der Waals surface area contributed by atoms with Crippen LogP contribution in [0, 0.1) is 0 Å². The van der Waals surface area contributed by atoms with Gasteiger partial charge in [-0.15, -0.1) is 0 Å². The number of ether oxygens (including phenoxy) is 1. The lowest BCUT2D eigenvalue weighted by molar-refractivity contribution is 0.373. The van der Waals surface area contributed by atoms with E-state index < -0.39 is 0 Å². The summed E-state index contributed by atoms with van der Waals surface area (Å²) in [7, 11) is 1.53. The number of rotatable bonds is 4. The zero-order valence-electron chi connectivity index (χ0n) is 23.3. The number of benzene rings is 3. The number of phenolic OH excluding ortho intramolecular Hbond substituents is 1. The van der Waals surface area contributed by atoms with Crippen LogP contribution in [0.25, 0.3) is 11.3 Å². The summed E-state index contributed by atoms with van der Waals surface area (Å²) in [6.45, 7) is 3.61. The quantitative estimate of drug-likeness (QED) is 0.273. The van der Waals surface area contributed by atoms with Gasteiger partial charge in [-0.25, -0.2) is 9.97 Å². The smallest absolute Gasteiger partial charge is 0.161 e. The van der Waals surface area contributed by atoms with E-state index in [4.69, 9.17) is 21.3 Å². The number of fused-ring (bicyclic) bond motifs is 2. The van der Waals surface area contributed by atoms with Gasteiger partial charge in [-0.05, 0) is 53.3 Å². The number of halogens is 1. The van der Waals surface area contributed by atoms with Crippen LogP contribution in [-0.2, 0) is 25.9 Å². The lowest BCUT2D eigenvalue weighted by Crippen LogP contribution is -2.31. The molecule has 0 atom stereocenters. The Bertz CT molecular complexity index is 1700. The number of nitrogens with zero attached hydrogens (tertiary/aromatic N) is 6. The SMILES string of the molecule is COc1cc(-c2cncc(N3CCc4ccccc4C3)n2)ccc1O.Clc1cncc(N2CCc3ccccc3C2)n1. The highest BCUT2D eigenvalue weighted by molar-refractivity contribution is 6.29. The standard InChI is InChI=1S/C20H19N3O2.C13H12ClN3/c1-25-19-10-15(6-7-18(19)24)17-11-21-12-20(22-17)23-9-8-14-4-2-3-5-16(14)13-23;14-12-7-15-8-13(16-12)17-6-5-10-3-1-2-4-11(10)9-17/h2-7,10-12,24H,8-9,13H2,1H3;1-4,7-8H,5-6,9H2. The molecule has 0 radical (unpaired) electrons. The second-order valence-electron chi connectivity index (χ2n) is 10.2. The molecule has 1 N–H and O–H groups in total. The molecule has 3 aromatic carbocycles. The molecule has 0 saturated heterocycles. The van der Waals surface area contributed by atoms with Crippen molar-refractivity contribution in [1.82, 2.24) is 19.9 Å². The van der Waals surface area contributed by atoms with Crippen molar-refractivity contribution in [3.05, 3.63) is 119 Å². The summed E-state index contributed by atoms with van der Waals surface area (Å²) in [5, 5.41) is 10.2. The monoisotopic (exact) mass is 578 g/mol. The highest BCUT2D eigenvalue weighted by Crippen LogP contribution is 2.31. The molecule has 4 heterocycles. The van der Waals surface area contributed by atoms with Crippen molar-refractivity contribution in [2.45, 2.75) is 25.9 Å². The third-order valence-corrected chi connectivity index (χ3v) is 7.78. The molecule has 8 nitrogen and oxygen atoms in total. The van der Waals surface area contributed by atoms with Gasteiger partial charge in [0.1, 0.15) is 16.8 Å². The summed E-state index contributed by atoms with van der Waals surface area (Å²) < 4.78 is 5.18. The molecule has 9 heteroatoms. The van der Waals surface area contributed by atoms with Gasteiger partial charge in [-0.2, -0.15) is 0 Å². The van der Waals surface area contributed by atoms with E-state index in [0.29, 0.717) is 10.9 Å². The summed E-state index contributed by atoms with van der Waals surface area (Å²) in [6.07, 6.45) is 8.91. The van der Waals surface area contributed by atoms with Crippen molar-refractivity contribution >= 4 is 23.2 Å². The van der Waals surface area contributed by atoms with E-state index in [0.717, 1.165) is 61.9 Å². The van der Waals surface area contributed by atoms with Crippen LogP contribution in [0.3, 0.4) is 0 Å². The van der Waals surface area contributed by atoms with Crippen LogP contribution in [0.2, 0.25) is 5.15 Å². The van der Waals surface area contributed by atoms with Crippen molar-refractivity contribution in [2.75, 3.05) is 30.0 Å². The maximum Gasteiger partial charge on any atom is 0.161 e. The number of methoxy groups -OCH3 is 1. The highest BCUT2D eigenvalue weighted by atomic mass is 35.5. The third-order valence-electron chi connectivity index (χ3n) is 7.60. The van der Waals surface area contributed by atoms with Gasteiger partial charge in [0.05, 0.1) is 37.6 Å². The van der Waals surface area contributed by atoms with Crippen molar-refractivity contribution in [2.24, 2.45) is 0 Å². The molecular formula is C33H31ClN6O2. The maximum atomic E-state index is 9.76. The zero-order chi connectivity index (χ0) is 28.9. The predicted molar refractivity (Wildman–Crippen MR) is 165 cm³/mol. The Morgan fingerprint density at radius 2 is 1.29 bits per heavy atom. The fraction of sp³-hybridized carbons (Fsp3) is 0.212. The molecule has 0 saturated carbocycles. The van der Waals surface area contributed by atoms with Gasteiger partial charge in [0, 0.05) is 31.7 Å². The predicted octanol–water partition coefficient (Wildman–Crippen LogP) is 6.11. The third kappa shape index (κ3) is 6.14. The van der Waals surface area contributed by atoms with Crippen LogP contribution in [0.15, 0.2) is 91.5 Å². The maximum absolute atomic E-state index is 9.76. The molecule has 2 aromatic heterocycles. The number of hydrogen-bond donors (Lipinski definition) is 1. The Morgan fingerprint density at radius 3 is 1.88 bits per heavy atom. The minimum absolute atomic E-state index is 0.114. The minimum Gasteiger partial charge on any atom is -0.504 e. The van der Waals surface area contributed by atoms with E-state index in [1.54, 1.807) is 36.9 Å². The molecule has 7 rings (SSSR count). The van der Waals surface area contributed by atoms with Gasteiger partial charge in [-0.1, -0.05) is 60.1 Å². The Morgan fingerprint density at radius 1 is 0.714 bits per heavy atom. The summed E-state index contributed by atoms with van der Waals surface area (Å²) >= 11 is 5.86. The Labute approximate surface area is 250 Å². The average molecular weight is 579 g/mol. The second-order valence-corrected chi connectivity index (χ2v) is 10.6. The number of hydrogen-bond acceptors (Lipinski definition) is 8. The topological polar surface area (TPSA) is 87.5 Å². The molecule has 42 heavy (non-hydrogen) atoms. The number of anilines is 2. The van der Waals surface area contributed by atoms with Gasteiger partial charge in [0.15, 0.2) is 11.5 Å². The van der Waals surface area contributed by atoms with Gasteiger partial charge in [-0.3, -0.25) is 9.97 Å². The van der Waals surface area contributed by atoms with Crippen molar-refractivity contribution in [3.8, 4) is 22.8 Å². The van der Waals surface area contributed by atoms with Crippen LogP contribution < -0.4 is 14.5 Å². The molecule has 0 spiro atoms. The number of aromatic hydroxyl groups is 1. The van der Waals surface area contributed by atoms with E-state index in [2.05, 4.69) is 73.3 Å². The summed E-state index contributed by atoms with van der Waals surface area (Å²) in [6, 6.07) is 22.3. The van der Waals surface area contributed by atoms with Crippen molar-refractivity contribution in [1.29, 1.82) is 0 Å². The van der Waals surface area contributed by atoms with Gasteiger partial charge >= 0.3 is 0 Å². The van der Waals surface area contributed by atoms with Gasteiger partial charge < -0.3 is 19.6 Å². The van der Waals surface area contributed by atoms with Crippen LogP contribution >= 0.6 is 11.6 Å². The number of phenols is 1. The Balaban J connectivity index is 0.000000162. The Hall–Kier alpha value is -4.69. The van der Waals surface area contributed by atoms with E-state index >= 15 is 0 Å². The summed E-state index contributed by atoms with van der Waals surface area (Å²) in [5.41, 5.74) is 7.16. The molecule has 2 aliphatic rings. The molecule has 0 fully saturated rings. The van der Waals surface area contributed by atoms with Crippen LogP contribution in [-0.4, -0.2) is 45.2 Å². The van der Waals surface area contributed by atoms with Gasteiger partial charge in [0.25, 0.3) is 0 Å². The molecule has 2 aliphatic heterocycles. The van der Waals surface area contributed by atoms with E-state index in [-0.39, 0.29) is 5.75 Å². The Kier molecular flexibility index (Phi) is 8.14. The first-order valence-electron chi connectivity index (χ1n) is 13.9. The van der Waals surface area contributed by atoms with E-state index in [1.165, 1.54) is 29.4 Å². The minimum atomic E-state index is 0.114. The van der Waals surface area contributed by atoms with Crippen molar-refractivity contribution < 1.29 is 9.84 Å². The molecule has 212 valence electrons. The first-order chi connectivity index (χ1) is 20.6. The first kappa shape index (κ1) is 27.5. The fourth-order valence-corrected chi connectivity index (χ4v) is 5.49. The van der Waals surface area contributed by atoms with Crippen LogP contribution in [0.1, 0.15) is 22.3 Å². The van der Waals surface area contributed by atoms with E-state index in [9.17, 15) is 5.11 Å². The molecule has 0 bridgehead atoms. The normalized spacial score (nSPS) is 13.9. The molecular weight excluding hydrogens is 548 g/mol. The zero-order valence-corrected chi connectivity index (χ0v) is 24.1. The van der Waals surface area contributed by atoms with Gasteiger partial charge in [0.2, 0.25) is 0 Å². The first-order valence-corrected chi connectivity index (χ1v) is 14.3. The van der Waals surface area contributed by atoms with Crippen LogP contribution in [0.4, 0.5) is 11.6 Å². The largest absolute Gasteiger partial charge is 0.504 e. The summed E-state index contributed by atoms with van der Waals surface area (Å²) in [4.78, 5) is 22.0. The number of aromatic nitrogens is 4.